The van der Waals surface area contributed by atoms with Gasteiger partial charge < -0.3 is 5.11 Å². The maximum Gasteiger partial charge on any atom is 0.119 e. The van der Waals surface area contributed by atoms with Crippen molar-refractivity contribution in [3.63, 3.8) is 0 Å². The lowest BCUT2D eigenvalue weighted by molar-refractivity contribution is 0.472. The predicted molar refractivity (Wildman–Crippen MR) is 57.6 cm³/mol. The Morgan fingerprint density at radius 3 is 2.57 bits per heavy atom. The Kier molecular flexibility index (Phi) is 1.92. The van der Waals surface area contributed by atoms with E-state index in [1.165, 1.54) is 0 Å². The highest BCUT2D eigenvalue weighted by atomic mass is 16.3. The summed E-state index contributed by atoms with van der Waals surface area (Å²) in [5.74, 6) is 0.348. The largest absolute Gasteiger partial charge is 0.508 e. The Morgan fingerprint density at radius 2 is 1.86 bits per heavy atom. The summed E-state index contributed by atoms with van der Waals surface area (Å²) in [6.45, 7) is 5.85. The molecule has 2 nitrogen and oxygen atoms in total. The third-order valence-electron chi connectivity index (χ3n) is 2.55. The van der Waals surface area contributed by atoms with Crippen LogP contribution in [0.5, 0.6) is 5.75 Å². The van der Waals surface area contributed by atoms with Crippen molar-refractivity contribution in [3.05, 3.63) is 35.0 Å². The van der Waals surface area contributed by atoms with Gasteiger partial charge in [0.25, 0.3) is 0 Å². The molecule has 2 heteroatoms. The van der Waals surface area contributed by atoms with E-state index in [1.54, 1.807) is 6.07 Å². The molecule has 0 amide bonds. The first-order valence-corrected chi connectivity index (χ1v) is 4.66. The van der Waals surface area contributed by atoms with Gasteiger partial charge in [-0.1, -0.05) is 6.07 Å². The second-order valence-corrected chi connectivity index (χ2v) is 3.69. The molecule has 2 rings (SSSR count). The first-order chi connectivity index (χ1) is 6.59. The van der Waals surface area contributed by atoms with Gasteiger partial charge in [-0.05, 0) is 38.5 Å². The van der Waals surface area contributed by atoms with Gasteiger partial charge in [0, 0.05) is 16.6 Å². The van der Waals surface area contributed by atoms with Gasteiger partial charge in [-0.15, -0.1) is 0 Å². The molecule has 72 valence electrons. The van der Waals surface area contributed by atoms with Crippen molar-refractivity contribution in [2.75, 3.05) is 0 Å². The SMILES string of the molecule is Cc1ccc2c(C)c(O)cc(C)c2n1. The summed E-state index contributed by atoms with van der Waals surface area (Å²) in [5, 5.41) is 10.7. The van der Waals surface area contributed by atoms with Gasteiger partial charge in [0.15, 0.2) is 0 Å². The molecule has 0 radical (unpaired) electrons. The van der Waals surface area contributed by atoms with Gasteiger partial charge in [-0.3, -0.25) is 4.98 Å². The van der Waals surface area contributed by atoms with Gasteiger partial charge in [-0.25, -0.2) is 0 Å². The first-order valence-electron chi connectivity index (χ1n) is 4.66. The fourth-order valence-corrected chi connectivity index (χ4v) is 1.68. The maximum atomic E-state index is 9.64. The molecule has 0 aliphatic heterocycles. The summed E-state index contributed by atoms with van der Waals surface area (Å²) in [6.07, 6.45) is 0. The molecule has 0 bridgehead atoms. The zero-order valence-electron chi connectivity index (χ0n) is 8.63. The van der Waals surface area contributed by atoms with Crippen molar-refractivity contribution in [1.29, 1.82) is 0 Å². The van der Waals surface area contributed by atoms with E-state index in [1.807, 2.05) is 32.9 Å². The molecule has 1 aromatic heterocycles. The highest BCUT2D eigenvalue weighted by Crippen LogP contribution is 2.28. The number of pyridine rings is 1. The van der Waals surface area contributed by atoms with Gasteiger partial charge >= 0.3 is 0 Å². The molecular formula is C12H13NO. The minimum atomic E-state index is 0.348. The molecule has 2 aromatic rings. The lowest BCUT2D eigenvalue weighted by atomic mass is 10.0. The van der Waals surface area contributed by atoms with E-state index >= 15 is 0 Å². The summed E-state index contributed by atoms with van der Waals surface area (Å²) in [6, 6.07) is 5.75. The van der Waals surface area contributed by atoms with Crippen molar-refractivity contribution in [2.45, 2.75) is 20.8 Å². The summed E-state index contributed by atoms with van der Waals surface area (Å²) >= 11 is 0. The van der Waals surface area contributed by atoms with Crippen molar-refractivity contribution < 1.29 is 5.11 Å². The predicted octanol–water partition coefficient (Wildman–Crippen LogP) is 2.87. The first kappa shape index (κ1) is 9.00. The third-order valence-corrected chi connectivity index (χ3v) is 2.55. The number of aromatic nitrogens is 1. The van der Waals surface area contributed by atoms with Crippen LogP contribution in [-0.2, 0) is 0 Å². The van der Waals surface area contributed by atoms with Crippen LogP contribution < -0.4 is 0 Å². The lowest BCUT2D eigenvalue weighted by Crippen LogP contribution is -1.89. The molecule has 1 heterocycles. The van der Waals surface area contributed by atoms with Crippen LogP contribution in [0, 0.1) is 20.8 Å². The van der Waals surface area contributed by atoms with E-state index in [0.717, 1.165) is 27.7 Å². The molecule has 0 spiro atoms. The van der Waals surface area contributed by atoms with Crippen LogP contribution in [0.2, 0.25) is 0 Å². The molecule has 14 heavy (non-hydrogen) atoms. The number of phenols is 1. The van der Waals surface area contributed by atoms with Crippen LogP contribution >= 0.6 is 0 Å². The lowest BCUT2D eigenvalue weighted by Gasteiger charge is -2.07. The van der Waals surface area contributed by atoms with Gasteiger partial charge in [0.1, 0.15) is 5.75 Å². The van der Waals surface area contributed by atoms with E-state index in [4.69, 9.17) is 0 Å². The van der Waals surface area contributed by atoms with Crippen molar-refractivity contribution in [1.82, 2.24) is 4.98 Å². The van der Waals surface area contributed by atoms with Crippen LogP contribution in [0.15, 0.2) is 18.2 Å². The number of aryl methyl sites for hydroxylation is 3. The number of benzene rings is 1. The second-order valence-electron chi connectivity index (χ2n) is 3.69. The van der Waals surface area contributed by atoms with Crippen molar-refractivity contribution in [2.24, 2.45) is 0 Å². The number of fused-ring (bicyclic) bond motifs is 1. The second kappa shape index (κ2) is 2.98. The quantitative estimate of drug-likeness (QED) is 0.688. The van der Waals surface area contributed by atoms with Crippen LogP contribution in [-0.4, -0.2) is 10.1 Å². The topological polar surface area (TPSA) is 33.1 Å². The zero-order chi connectivity index (χ0) is 10.3. The molecule has 0 fully saturated rings. The van der Waals surface area contributed by atoms with Crippen LogP contribution in [0.1, 0.15) is 16.8 Å². The normalized spacial score (nSPS) is 10.8. The molecule has 0 saturated carbocycles. The minimum absolute atomic E-state index is 0.348. The van der Waals surface area contributed by atoms with Gasteiger partial charge in [0.2, 0.25) is 0 Å². The molecule has 0 aliphatic rings. The van der Waals surface area contributed by atoms with Crippen molar-refractivity contribution >= 4 is 10.9 Å². The summed E-state index contributed by atoms with van der Waals surface area (Å²) in [4.78, 5) is 4.47. The van der Waals surface area contributed by atoms with Crippen LogP contribution in [0.4, 0.5) is 0 Å². The van der Waals surface area contributed by atoms with E-state index in [0.29, 0.717) is 5.75 Å². The molecule has 1 N–H and O–H groups in total. The summed E-state index contributed by atoms with van der Waals surface area (Å²) in [5.41, 5.74) is 3.91. The number of hydrogen-bond acceptors (Lipinski definition) is 2. The number of nitrogens with zero attached hydrogens (tertiary/aromatic N) is 1. The highest BCUT2D eigenvalue weighted by molar-refractivity contribution is 5.87. The number of phenolic OH excluding ortho intramolecular Hbond substituents is 1. The zero-order valence-corrected chi connectivity index (χ0v) is 8.63. The average molecular weight is 187 g/mol. The average Bonchev–Trinajstić information content (AvgIpc) is 2.14. The number of aromatic hydroxyl groups is 1. The number of hydrogen-bond donors (Lipinski definition) is 1. The summed E-state index contributed by atoms with van der Waals surface area (Å²) in [7, 11) is 0. The van der Waals surface area contributed by atoms with Crippen LogP contribution in [0.25, 0.3) is 10.9 Å². The standard InChI is InChI=1S/C12H13NO/c1-7-6-11(14)9(3)10-5-4-8(2)13-12(7)10/h4-6,14H,1-3H3. The van der Waals surface area contributed by atoms with E-state index in [2.05, 4.69) is 4.98 Å². The van der Waals surface area contributed by atoms with E-state index in [9.17, 15) is 5.11 Å². The molecular weight excluding hydrogens is 174 g/mol. The fourth-order valence-electron chi connectivity index (χ4n) is 1.68. The molecule has 0 saturated heterocycles. The van der Waals surface area contributed by atoms with E-state index in [-0.39, 0.29) is 0 Å². The maximum absolute atomic E-state index is 9.64. The van der Waals surface area contributed by atoms with Crippen molar-refractivity contribution in [3.8, 4) is 5.75 Å². The van der Waals surface area contributed by atoms with Gasteiger partial charge in [-0.2, -0.15) is 0 Å². The fraction of sp³-hybridized carbons (Fsp3) is 0.250. The smallest absolute Gasteiger partial charge is 0.119 e. The number of rotatable bonds is 0. The Balaban J connectivity index is 2.94. The third kappa shape index (κ3) is 1.23. The Hall–Kier alpha value is -1.57. The Morgan fingerprint density at radius 1 is 1.14 bits per heavy atom. The monoisotopic (exact) mass is 187 g/mol. The Bertz CT molecular complexity index is 503. The molecule has 0 unspecified atom stereocenters. The van der Waals surface area contributed by atoms with E-state index < -0.39 is 0 Å². The molecule has 1 aromatic carbocycles. The highest BCUT2D eigenvalue weighted by Gasteiger charge is 2.06. The molecule has 0 aliphatic carbocycles. The minimum Gasteiger partial charge on any atom is -0.508 e. The van der Waals surface area contributed by atoms with Crippen LogP contribution in [0.3, 0.4) is 0 Å². The van der Waals surface area contributed by atoms with Gasteiger partial charge in [0.05, 0.1) is 5.52 Å². The molecule has 0 atom stereocenters. The summed E-state index contributed by atoms with van der Waals surface area (Å²) < 4.78 is 0. The Labute approximate surface area is 83.2 Å².